The van der Waals surface area contributed by atoms with Gasteiger partial charge in [-0.2, -0.15) is 4.98 Å². The van der Waals surface area contributed by atoms with Crippen molar-refractivity contribution in [3.05, 3.63) is 95.2 Å². The van der Waals surface area contributed by atoms with Crippen LogP contribution in [0.2, 0.25) is 0 Å². The SMILES string of the molecule is CCn1[nH]c(=O)c2ccc(Nc3cc(N[C@H](CO)c4ccccc4)c(-c4nc(-c5cccnc5)no4)cn3)nc21. The van der Waals surface area contributed by atoms with Gasteiger partial charge in [0.15, 0.2) is 5.65 Å². The molecule has 0 fully saturated rings. The summed E-state index contributed by atoms with van der Waals surface area (Å²) in [6.07, 6.45) is 4.94. The number of aliphatic hydroxyl groups excluding tert-OH is 1. The first-order valence-corrected chi connectivity index (χ1v) is 12.7. The number of anilines is 3. The van der Waals surface area contributed by atoms with E-state index in [9.17, 15) is 9.90 Å². The van der Waals surface area contributed by atoms with E-state index in [-0.39, 0.29) is 18.1 Å². The molecule has 5 heterocycles. The lowest BCUT2D eigenvalue weighted by molar-refractivity contribution is 0.276. The van der Waals surface area contributed by atoms with Crippen LogP contribution in [0.25, 0.3) is 33.9 Å². The molecular formula is C28H25N9O3. The predicted octanol–water partition coefficient (Wildman–Crippen LogP) is 4.14. The second-order valence-electron chi connectivity index (χ2n) is 8.95. The Morgan fingerprint density at radius 3 is 2.70 bits per heavy atom. The number of hydrogen-bond acceptors (Lipinski definition) is 10. The van der Waals surface area contributed by atoms with Crippen LogP contribution in [0.3, 0.4) is 0 Å². The molecule has 0 aliphatic carbocycles. The maximum absolute atomic E-state index is 12.2. The summed E-state index contributed by atoms with van der Waals surface area (Å²) in [5, 5.41) is 24.2. The fourth-order valence-corrected chi connectivity index (χ4v) is 4.36. The van der Waals surface area contributed by atoms with Crippen molar-refractivity contribution in [2.45, 2.75) is 19.5 Å². The number of hydrogen-bond donors (Lipinski definition) is 4. The number of aryl methyl sites for hydroxylation is 1. The van der Waals surface area contributed by atoms with E-state index < -0.39 is 6.04 Å². The highest BCUT2D eigenvalue weighted by Crippen LogP contribution is 2.33. The van der Waals surface area contributed by atoms with Crippen LogP contribution in [-0.2, 0) is 6.54 Å². The van der Waals surface area contributed by atoms with Crippen LogP contribution in [0.5, 0.6) is 0 Å². The van der Waals surface area contributed by atoms with Crippen molar-refractivity contribution in [1.29, 1.82) is 0 Å². The third-order valence-corrected chi connectivity index (χ3v) is 6.38. The summed E-state index contributed by atoms with van der Waals surface area (Å²) in [5.74, 6) is 1.64. The molecule has 0 saturated heterocycles. The van der Waals surface area contributed by atoms with Gasteiger partial charge in [0.2, 0.25) is 5.82 Å². The molecule has 1 aromatic carbocycles. The van der Waals surface area contributed by atoms with Gasteiger partial charge in [0.25, 0.3) is 11.4 Å². The summed E-state index contributed by atoms with van der Waals surface area (Å²) < 4.78 is 7.29. The van der Waals surface area contributed by atoms with Crippen molar-refractivity contribution < 1.29 is 9.63 Å². The average molecular weight is 536 g/mol. The summed E-state index contributed by atoms with van der Waals surface area (Å²) in [4.78, 5) is 30.0. The highest BCUT2D eigenvalue weighted by Gasteiger charge is 2.19. The molecule has 0 spiro atoms. The number of rotatable bonds is 9. The van der Waals surface area contributed by atoms with Gasteiger partial charge in [0, 0.05) is 36.8 Å². The van der Waals surface area contributed by atoms with E-state index in [0.717, 1.165) is 5.56 Å². The number of pyridine rings is 3. The van der Waals surface area contributed by atoms with Crippen LogP contribution in [0.4, 0.5) is 17.3 Å². The summed E-state index contributed by atoms with van der Waals surface area (Å²) >= 11 is 0. The quantitative estimate of drug-likeness (QED) is 0.212. The maximum atomic E-state index is 12.2. The van der Waals surface area contributed by atoms with Crippen LogP contribution in [0, 0.1) is 0 Å². The Morgan fingerprint density at radius 2 is 1.93 bits per heavy atom. The third kappa shape index (κ3) is 4.90. The molecule has 0 amide bonds. The normalized spacial score (nSPS) is 11.9. The zero-order valence-electron chi connectivity index (χ0n) is 21.4. The number of aromatic amines is 1. The van der Waals surface area contributed by atoms with Crippen LogP contribution in [-0.4, -0.2) is 46.6 Å². The van der Waals surface area contributed by atoms with Crippen LogP contribution in [0.15, 0.2) is 88.6 Å². The van der Waals surface area contributed by atoms with E-state index in [1.165, 1.54) is 0 Å². The molecule has 40 heavy (non-hydrogen) atoms. The molecule has 12 nitrogen and oxygen atoms in total. The molecule has 200 valence electrons. The van der Waals surface area contributed by atoms with Gasteiger partial charge < -0.3 is 20.3 Å². The Labute approximate surface area is 227 Å². The fourth-order valence-electron chi connectivity index (χ4n) is 4.36. The fraction of sp³-hybridized carbons (Fsp3) is 0.143. The lowest BCUT2D eigenvalue weighted by Crippen LogP contribution is -2.15. The van der Waals surface area contributed by atoms with E-state index in [4.69, 9.17) is 4.52 Å². The van der Waals surface area contributed by atoms with Crippen LogP contribution >= 0.6 is 0 Å². The van der Waals surface area contributed by atoms with Gasteiger partial charge in [0.1, 0.15) is 11.6 Å². The van der Waals surface area contributed by atoms with E-state index in [1.54, 1.807) is 47.5 Å². The minimum atomic E-state index is -0.413. The van der Waals surface area contributed by atoms with E-state index in [0.29, 0.717) is 51.9 Å². The Hall–Kier alpha value is -5.36. The summed E-state index contributed by atoms with van der Waals surface area (Å²) in [6, 6.07) is 18.1. The lowest BCUT2D eigenvalue weighted by Gasteiger charge is -2.20. The van der Waals surface area contributed by atoms with Gasteiger partial charge in [-0.3, -0.25) is 19.6 Å². The molecule has 1 atom stereocenters. The van der Waals surface area contributed by atoms with Crippen molar-refractivity contribution in [2.24, 2.45) is 0 Å². The first-order valence-electron chi connectivity index (χ1n) is 12.7. The molecular weight excluding hydrogens is 510 g/mol. The number of H-pyrrole nitrogens is 1. The second-order valence-corrected chi connectivity index (χ2v) is 8.95. The average Bonchev–Trinajstić information content (AvgIpc) is 3.61. The van der Waals surface area contributed by atoms with Crippen molar-refractivity contribution in [3.8, 4) is 22.8 Å². The van der Waals surface area contributed by atoms with Crippen molar-refractivity contribution in [1.82, 2.24) is 34.9 Å². The largest absolute Gasteiger partial charge is 0.394 e. The summed E-state index contributed by atoms with van der Waals surface area (Å²) in [7, 11) is 0. The molecule has 0 radical (unpaired) electrons. The van der Waals surface area contributed by atoms with Gasteiger partial charge >= 0.3 is 0 Å². The second kappa shape index (κ2) is 10.8. The van der Waals surface area contributed by atoms with Crippen molar-refractivity contribution >= 4 is 28.4 Å². The Kier molecular flexibility index (Phi) is 6.73. The first-order chi connectivity index (χ1) is 19.6. The third-order valence-electron chi connectivity index (χ3n) is 6.38. The standard InChI is InChI=1S/C28H25N9O3/c1-2-37-26-19(27(39)35-37)10-11-23(33-26)32-24-13-21(31-22(16-38)17-7-4-3-5-8-17)20(15-30-24)28-34-25(36-40-28)18-9-6-12-29-14-18/h3-15,22,38H,2,16H2,1H3,(H,35,39)(H2,30,31,32,33)/t22-/m1/s1. The highest BCUT2D eigenvalue weighted by atomic mass is 16.5. The number of fused-ring (bicyclic) bond motifs is 1. The molecule has 6 aromatic rings. The molecule has 0 saturated carbocycles. The summed E-state index contributed by atoms with van der Waals surface area (Å²) in [6.45, 7) is 2.35. The molecule has 6 rings (SSSR count). The molecule has 0 unspecified atom stereocenters. The zero-order chi connectivity index (χ0) is 27.5. The first kappa shape index (κ1) is 24.9. The molecule has 0 aliphatic rings. The monoisotopic (exact) mass is 535 g/mol. The minimum absolute atomic E-state index is 0.153. The highest BCUT2D eigenvalue weighted by molar-refractivity contribution is 5.79. The van der Waals surface area contributed by atoms with Crippen molar-refractivity contribution in [3.63, 3.8) is 0 Å². The number of nitrogens with zero attached hydrogens (tertiary/aromatic N) is 6. The molecule has 4 N–H and O–H groups in total. The smallest absolute Gasteiger partial charge is 0.273 e. The zero-order valence-corrected chi connectivity index (χ0v) is 21.4. The topological polar surface area (TPSA) is 160 Å². The minimum Gasteiger partial charge on any atom is -0.394 e. The number of benzene rings is 1. The van der Waals surface area contributed by atoms with Gasteiger partial charge in [-0.05, 0) is 36.8 Å². The van der Waals surface area contributed by atoms with E-state index in [1.807, 2.05) is 43.3 Å². The molecule has 0 bridgehead atoms. The molecule has 0 aliphatic heterocycles. The number of nitrogens with one attached hydrogen (secondary N) is 3. The van der Waals surface area contributed by atoms with Crippen LogP contribution in [0.1, 0.15) is 18.5 Å². The van der Waals surface area contributed by atoms with E-state index >= 15 is 0 Å². The van der Waals surface area contributed by atoms with Gasteiger partial charge in [-0.1, -0.05) is 35.5 Å². The Morgan fingerprint density at radius 1 is 1.05 bits per heavy atom. The van der Waals surface area contributed by atoms with E-state index in [2.05, 4.69) is 40.8 Å². The number of aliphatic hydroxyl groups is 1. The lowest BCUT2D eigenvalue weighted by atomic mass is 10.1. The maximum Gasteiger partial charge on any atom is 0.273 e. The van der Waals surface area contributed by atoms with Gasteiger partial charge in [-0.25, -0.2) is 9.97 Å². The van der Waals surface area contributed by atoms with Gasteiger partial charge in [0.05, 0.1) is 29.3 Å². The Bertz CT molecular complexity index is 1810. The van der Waals surface area contributed by atoms with Crippen molar-refractivity contribution in [2.75, 3.05) is 17.2 Å². The molecule has 12 heteroatoms. The summed E-state index contributed by atoms with van der Waals surface area (Å²) in [5.41, 5.74) is 3.14. The van der Waals surface area contributed by atoms with Gasteiger partial charge in [-0.15, -0.1) is 0 Å². The Balaban J connectivity index is 1.38. The molecule has 5 aromatic heterocycles. The number of aromatic nitrogens is 7. The van der Waals surface area contributed by atoms with Crippen LogP contribution < -0.4 is 16.2 Å². The predicted molar refractivity (Wildman–Crippen MR) is 150 cm³/mol.